The van der Waals surface area contributed by atoms with Crippen molar-refractivity contribution in [2.45, 2.75) is 33.8 Å². The Hall–Kier alpha value is -3.86. The highest BCUT2D eigenvalue weighted by molar-refractivity contribution is 5.94. The van der Waals surface area contributed by atoms with Gasteiger partial charge in [0.2, 0.25) is 0 Å². The van der Waals surface area contributed by atoms with Gasteiger partial charge in [0.1, 0.15) is 18.2 Å². The summed E-state index contributed by atoms with van der Waals surface area (Å²) in [6, 6.07) is 21.8. The number of hydrogen-bond acceptors (Lipinski definition) is 2. The van der Waals surface area contributed by atoms with Crippen LogP contribution in [-0.4, -0.2) is 15.6 Å². The van der Waals surface area contributed by atoms with Crippen LogP contribution in [0.3, 0.4) is 0 Å². The first kappa shape index (κ1) is 22.3. The number of nitrogens with zero attached hydrogens (tertiary/aromatic N) is 1. The van der Waals surface area contributed by atoms with Gasteiger partial charge >= 0.3 is 5.97 Å². The Bertz CT molecular complexity index is 1310. The van der Waals surface area contributed by atoms with E-state index in [9.17, 15) is 14.3 Å². The van der Waals surface area contributed by atoms with Gasteiger partial charge in [0.05, 0.1) is 16.9 Å². The molecule has 0 atom stereocenters. The lowest BCUT2D eigenvalue weighted by Crippen LogP contribution is -2.10. The zero-order valence-electron chi connectivity index (χ0n) is 18.9. The maximum Gasteiger partial charge on any atom is 0.338 e. The lowest BCUT2D eigenvalue weighted by atomic mass is 10.0. The van der Waals surface area contributed by atoms with Gasteiger partial charge in [-0.2, -0.15) is 0 Å². The molecule has 33 heavy (non-hydrogen) atoms. The second-order valence-electron chi connectivity index (χ2n) is 8.07. The molecule has 0 aliphatic rings. The summed E-state index contributed by atoms with van der Waals surface area (Å²) >= 11 is 0. The second-order valence-corrected chi connectivity index (χ2v) is 8.07. The van der Waals surface area contributed by atoms with Crippen LogP contribution >= 0.6 is 0 Å². The first-order valence-electron chi connectivity index (χ1n) is 10.9. The van der Waals surface area contributed by atoms with Crippen molar-refractivity contribution in [3.05, 3.63) is 107 Å². The molecule has 0 spiro atoms. The summed E-state index contributed by atoms with van der Waals surface area (Å²) in [5.41, 5.74) is 6.25. The minimum absolute atomic E-state index is 0.276. The molecule has 0 aliphatic heterocycles. The number of halogens is 1. The van der Waals surface area contributed by atoms with Gasteiger partial charge < -0.3 is 14.4 Å². The Labute approximate surface area is 192 Å². The van der Waals surface area contributed by atoms with Crippen LogP contribution in [0.25, 0.3) is 16.9 Å². The predicted octanol–water partition coefficient (Wildman–Crippen LogP) is 6.74. The number of rotatable bonds is 7. The van der Waals surface area contributed by atoms with Gasteiger partial charge in [-0.25, -0.2) is 9.18 Å². The average Bonchev–Trinajstić information content (AvgIpc) is 3.19. The Kier molecular flexibility index (Phi) is 6.31. The van der Waals surface area contributed by atoms with E-state index in [0.717, 1.165) is 34.5 Å². The molecular formula is C28H26FNO3. The number of benzene rings is 3. The molecule has 0 radical (unpaired) electrons. The van der Waals surface area contributed by atoms with E-state index >= 15 is 0 Å². The van der Waals surface area contributed by atoms with Crippen LogP contribution in [0.4, 0.5) is 4.39 Å². The van der Waals surface area contributed by atoms with Crippen LogP contribution in [0.5, 0.6) is 5.75 Å². The summed E-state index contributed by atoms with van der Waals surface area (Å²) in [4.78, 5) is 12.1. The number of carboxylic acids is 1. The molecule has 1 N–H and O–H groups in total. The third kappa shape index (κ3) is 4.53. The van der Waals surface area contributed by atoms with E-state index in [4.69, 9.17) is 4.74 Å². The van der Waals surface area contributed by atoms with E-state index in [1.54, 1.807) is 25.1 Å². The zero-order chi connectivity index (χ0) is 23.5. The summed E-state index contributed by atoms with van der Waals surface area (Å²) in [6.45, 7) is 6.15. The van der Waals surface area contributed by atoms with Gasteiger partial charge in [-0.1, -0.05) is 37.3 Å². The number of aryl methyl sites for hydroxylation is 3. The lowest BCUT2D eigenvalue weighted by Gasteiger charge is -2.19. The fraction of sp³-hybridized carbons (Fsp3) is 0.179. The topological polar surface area (TPSA) is 51.5 Å². The smallest absolute Gasteiger partial charge is 0.338 e. The normalized spacial score (nSPS) is 10.9. The zero-order valence-corrected chi connectivity index (χ0v) is 18.9. The standard InChI is InChI=1S/C28H26FNO3/c1-4-20-11-15-26(33-17-21-9-12-22(29)13-10-21)23(16-20)24-14-8-19(3)30(24)25-7-5-6-18(2)27(25)28(31)32/h5-16H,4,17H2,1-3H3,(H,31,32). The molecule has 4 nitrogen and oxygen atoms in total. The molecule has 0 saturated carbocycles. The molecule has 1 heterocycles. The molecule has 1 aromatic heterocycles. The van der Waals surface area contributed by atoms with Crippen molar-refractivity contribution in [3.63, 3.8) is 0 Å². The number of carboxylic acid groups (broad SMARTS) is 1. The van der Waals surface area contributed by atoms with Crippen molar-refractivity contribution in [2.75, 3.05) is 0 Å². The third-order valence-corrected chi connectivity index (χ3v) is 5.82. The highest BCUT2D eigenvalue weighted by Crippen LogP contribution is 2.36. The van der Waals surface area contributed by atoms with E-state index in [1.807, 2.05) is 47.9 Å². The maximum absolute atomic E-state index is 13.3. The second kappa shape index (κ2) is 9.33. The summed E-state index contributed by atoms with van der Waals surface area (Å²) in [5.74, 6) is -0.565. The quantitative estimate of drug-likeness (QED) is 0.344. The van der Waals surface area contributed by atoms with E-state index in [2.05, 4.69) is 13.0 Å². The third-order valence-electron chi connectivity index (χ3n) is 5.82. The Balaban J connectivity index is 1.83. The molecule has 0 aliphatic carbocycles. The molecule has 4 aromatic rings. The summed E-state index contributed by atoms with van der Waals surface area (Å²) in [6.07, 6.45) is 0.857. The number of ether oxygens (including phenoxy) is 1. The number of aromatic carboxylic acids is 1. The van der Waals surface area contributed by atoms with Crippen LogP contribution < -0.4 is 4.74 Å². The minimum atomic E-state index is -0.961. The van der Waals surface area contributed by atoms with Crippen molar-refractivity contribution in [1.82, 2.24) is 4.57 Å². The molecular weight excluding hydrogens is 417 g/mol. The van der Waals surface area contributed by atoms with Crippen molar-refractivity contribution >= 4 is 5.97 Å². The monoisotopic (exact) mass is 443 g/mol. The molecule has 3 aromatic carbocycles. The molecule has 5 heteroatoms. The molecule has 0 bridgehead atoms. The van der Waals surface area contributed by atoms with Gasteiger partial charge in [0, 0.05) is 11.3 Å². The molecule has 0 unspecified atom stereocenters. The molecule has 0 fully saturated rings. The first-order valence-corrected chi connectivity index (χ1v) is 10.9. The van der Waals surface area contributed by atoms with Crippen LogP contribution in [0.1, 0.15) is 39.7 Å². The van der Waals surface area contributed by atoms with E-state index in [1.165, 1.54) is 12.1 Å². The predicted molar refractivity (Wildman–Crippen MR) is 128 cm³/mol. The fourth-order valence-corrected chi connectivity index (χ4v) is 4.05. The Morgan fingerprint density at radius 1 is 0.970 bits per heavy atom. The Morgan fingerprint density at radius 3 is 2.39 bits per heavy atom. The summed E-state index contributed by atoms with van der Waals surface area (Å²) in [5, 5.41) is 9.90. The summed E-state index contributed by atoms with van der Waals surface area (Å²) in [7, 11) is 0. The van der Waals surface area contributed by atoms with Crippen LogP contribution in [-0.2, 0) is 13.0 Å². The van der Waals surface area contributed by atoms with E-state index in [0.29, 0.717) is 23.6 Å². The maximum atomic E-state index is 13.3. The number of hydrogen-bond donors (Lipinski definition) is 1. The SMILES string of the molecule is CCc1ccc(OCc2ccc(F)cc2)c(-c2ccc(C)n2-c2cccc(C)c2C(=O)O)c1. The lowest BCUT2D eigenvalue weighted by molar-refractivity contribution is 0.0696. The van der Waals surface area contributed by atoms with Gasteiger partial charge in [0.15, 0.2) is 0 Å². The summed E-state index contributed by atoms with van der Waals surface area (Å²) < 4.78 is 21.4. The van der Waals surface area contributed by atoms with Crippen molar-refractivity contribution in [3.8, 4) is 22.7 Å². The van der Waals surface area contributed by atoms with Gasteiger partial charge in [0.25, 0.3) is 0 Å². The van der Waals surface area contributed by atoms with Crippen molar-refractivity contribution in [1.29, 1.82) is 0 Å². The van der Waals surface area contributed by atoms with Crippen molar-refractivity contribution < 1.29 is 19.0 Å². The van der Waals surface area contributed by atoms with Crippen molar-refractivity contribution in [2.24, 2.45) is 0 Å². The number of aromatic nitrogens is 1. The van der Waals surface area contributed by atoms with Gasteiger partial charge in [-0.15, -0.1) is 0 Å². The van der Waals surface area contributed by atoms with E-state index < -0.39 is 5.97 Å². The molecule has 0 saturated heterocycles. The van der Waals surface area contributed by atoms with Crippen LogP contribution in [0.15, 0.2) is 72.8 Å². The highest BCUT2D eigenvalue weighted by atomic mass is 19.1. The molecule has 4 rings (SSSR count). The number of carbonyl (C=O) groups is 1. The molecule has 168 valence electrons. The largest absolute Gasteiger partial charge is 0.488 e. The van der Waals surface area contributed by atoms with Gasteiger partial charge in [-0.05, 0) is 79.4 Å². The minimum Gasteiger partial charge on any atom is -0.488 e. The van der Waals surface area contributed by atoms with Crippen LogP contribution in [0.2, 0.25) is 0 Å². The van der Waals surface area contributed by atoms with E-state index in [-0.39, 0.29) is 11.4 Å². The molecule has 0 amide bonds. The average molecular weight is 444 g/mol. The highest BCUT2D eigenvalue weighted by Gasteiger charge is 2.20. The van der Waals surface area contributed by atoms with Gasteiger partial charge in [-0.3, -0.25) is 0 Å². The Morgan fingerprint density at radius 2 is 1.70 bits per heavy atom. The van der Waals surface area contributed by atoms with Crippen LogP contribution in [0, 0.1) is 19.7 Å². The fourth-order valence-electron chi connectivity index (χ4n) is 4.05. The first-order chi connectivity index (χ1) is 15.9.